The Morgan fingerprint density at radius 1 is 1.50 bits per heavy atom. The fraction of sp³-hybridized carbons (Fsp3) is 0.643. The van der Waals surface area contributed by atoms with E-state index in [9.17, 15) is 4.79 Å². The Balaban J connectivity index is 2.71. The van der Waals surface area contributed by atoms with E-state index in [1.165, 1.54) is 0 Å². The van der Waals surface area contributed by atoms with Gasteiger partial charge in [-0.1, -0.05) is 27.7 Å². The Hall–Kier alpha value is -0.770. The average molecular weight is 315 g/mol. The highest BCUT2D eigenvalue weighted by molar-refractivity contribution is 9.10. The molecule has 1 rings (SSSR count). The molecule has 0 aliphatic heterocycles. The molecule has 0 unspecified atom stereocenters. The fourth-order valence-corrected chi connectivity index (χ4v) is 1.99. The van der Waals surface area contributed by atoms with Gasteiger partial charge in [0.1, 0.15) is 5.69 Å². The van der Waals surface area contributed by atoms with Gasteiger partial charge in [0.15, 0.2) is 0 Å². The van der Waals surface area contributed by atoms with Crippen molar-refractivity contribution in [2.75, 3.05) is 6.54 Å². The van der Waals surface area contributed by atoms with Gasteiger partial charge >= 0.3 is 0 Å². The van der Waals surface area contributed by atoms with Crippen molar-refractivity contribution in [3.63, 3.8) is 0 Å². The van der Waals surface area contributed by atoms with E-state index in [1.54, 1.807) is 0 Å². The molecule has 1 N–H and O–H groups in total. The van der Waals surface area contributed by atoms with Gasteiger partial charge in [-0.25, -0.2) is 0 Å². The minimum Gasteiger partial charge on any atom is -0.350 e. The van der Waals surface area contributed by atoms with Gasteiger partial charge in [0.2, 0.25) is 0 Å². The van der Waals surface area contributed by atoms with Gasteiger partial charge in [-0.05, 0) is 40.3 Å². The zero-order valence-electron chi connectivity index (χ0n) is 11.9. The lowest BCUT2D eigenvalue weighted by molar-refractivity contribution is 0.0915. The van der Waals surface area contributed by atoms with E-state index in [2.05, 4.69) is 48.9 Å². The molecule has 1 aromatic rings. The molecule has 0 fully saturated rings. The third-order valence-corrected chi connectivity index (χ3v) is 4.14. The van der Waals surface area contributed by atoms with Gasteiger partial charge < -0.3 is 9.88 Å². The molecule has 3 nitrogen and oxygen atoms in total. The average Bonchev–Trinajstić information content (AvgIpc) is 2.67. The van der Waals surface area contributed by atoms with Crippen LogP contribution in [0.2, 0.25) is 0 Å². The molecule has 1 heterocycles. The van der Waals surface area contributed by atoms with Crippen molar-refractivity contribution in [2.45, 2.75) is 41.2 Å². The fourth-order valence-electron chi connectivity index (χ4n) is 1.53. The SMILES string of the molecule is CCn1cc(Br)cc1C(=O)NCC(C)(C)C(C)C. The number of hydrogen-bond donors (Lipinski definition) is 1. The van der Waals surface area contributed by atoms with E-state index in [4.69, 9.17) is 0 Å². The molecule has 0 radical (unpaired) electrons. The molecular formula is C14H23BrN2O. The first-order chi connectivity index (χ1) is 8.27. The maximum absolute atomic E-state index is 12.2. The summed E-state index contributed by atoms with van der Waals surface area (Å²) in [6.45, 7) is 12.2. The summed E-state index contributed by atoms with van der Waals surface area (Å²) in [4.78, 5) is 12.2. The Labute approximate surface area is 118 Å². The molecule has 1 amide bonds. The van der Waals surface area contributed by atoms with Crippen LogP contribution < -0.4 is 5.32 Å². The number of nitrogens with zero attached hydrogens (tertiary/aromatic N) is 1. The van der Waals surface area contributed by atoms with Crippen molar-refractivity contribution in [2.24, 2.45) is 11.3 Å². The summed E-state index contributed by atoms with van der Waals surface area (Å²) in [7, 11) is 0. The predicted molar refractivity (Wildman–Crippen MR) is 78.8 cm³/mol. The van der Waals surface area contributed by atoms with E-state index < -0.39 is 0 Å². The molecule has 18 heavy (non-hydrogen) atoms. The van der Waals surface area contributed by atoms with Gasteiger partial charge in [0.05, 0.1) is 0 Å². The Kier molecular flexibility index (Phi) is 5.02. The molecule has 0 aliphatic rings. The molecule has 0 spiro atoms. The van der Waals surface area contributed by atoms with Crippen LogP contribution in [0.5, 0.6) is 0 Å². The number of nitrogens with one attached hydrogen (secondary N) is 1. The second kappa shape index (κ2) is 5.91. The summed E-state index contributed by atoms with van der Waals surface area (Å²) in [6.07, 6.45) is 1.93. The van der Waals surface area contributed by atoms with E-state index >= 15 is 0 Å². The number of carbonyl (C=O) groups is 1. The first-order valence-electron chi connectivity index (χ1n) is 6.41. The summed E-state index contributed by atoms with van der Waals surface area (Å²) >= 11 is 3.41. The quantitative estimate of drug-likeness (QED) is 0.883. The Morgan fingerprint density at radius 2 is 2.11 bits per heavy atom. The second-order valence-corrected chi connectivity index (χ2v) is 6.57. The molecule has 0 saturated carbocycles. The minimum atomic E-state index is -0.00345. The van der Waals surface area contributed by atoms with Crippen LogP contribution in [-0.2, 0) is 6.54 Å². The van der Waals surface area contributed by atoms with E-state index in [0.29, 0.717) is 18.2 Å². The van der Waals surface area contributed by atoms with E-state index in [0.717, 1.165) is 11.0 Å². The number of aryl methyl sites for hydroxylation is 1. The van der Waals surface area contributed by atoms with Crippen LogP contribution >= 0.6 is 15.9 Å². The van der Waals surface area contributed by atoms with Gasteiger partial charge in [0.25, 0.3) is 5.91 Å². The standard InChI is InChI=1S/C14H23BrN2O/c1-6-17-8-11(15)7-12(17)13(18)16-9-14(4,5)10(2)3/h7-8,10H,6,9H2,1-5H3,(H,16,18). The van der Waals surface area contributed by atoms with Crippen molar-refractivity contribution in [1.29, 1.82) is 0 Å². The number of rotatable bonds is 5. The first-order valence-corrected chi connectivity index (χ1v) is 7.21. The molecule has 0 bridgehead atoms. The van der Waals surface area contributed by atoms with Crippen molar-refractivity contribution in [3.05, 3.63) is 22.4 Å². The van der Waals surface area contributed by atoms with Gasteiger partial charge in [-0.2, -0.15) is 0 Å². The first kappa shape index (κ1) is 15.3. The Bertz CT molecular complexity index is 421. The van der Waals surface area contributed by atoms with E-state index in [-0.39, 0.29) is 11.3 Å². The number of aromatic nitrogens is 1. The highest BCUT2D eigenvalue weighted by Gasteiger charge is 2.23. The van der Waals surface area contributed by atoms with Crippen LogP contribution in [0, 0.1) is 11.3 Å². The summed E-state index contributed by atoms with van der Waals surface area (Å²) in [5.41, 5.74) is 0.820. The number of halogens is 1. The monoisotopic (exact) mass is 314 g/mol. The summed E-state index contributed by atoms with van der Waals surface area (Å²) < 4.78 is 2.89. The van der Waals surface area contributed by atoms with Crippen LogP contribution in [0.4, 0.5) is 0 Å². The normalized spacial score (nSPS) is 11.9. The molecule has 0 aromatic carbocycles. The van der Waals surface area contributed by atoms with Crippen LogP contribution in [0.1, 0.15) is 45.1 Å². The third-order valence-electron chi connectivity index (χ3n) is 3.70. The predicted octanol–water partition coefficient (Wildman–Crippen LogP) is 3.68. The van der Waals surface area contributed by atoms with Crippen LogP contribution in [-0.4, -0.2) is 17.0 Å². The van der Waals surface area contributed by atoms with Crippen molar-refractivity contribution < 1.29 is 4.79 Å². The molecule has 102 valence electrons. The summed E-state index contributed by atoms with van der Waals surface area (Å²) in [5.74, 6) is 0.527. The van der Waals surface area contributed by atoms with Crippen molar-refractivity contribution >= 4 is 21.8 Å². The zero-order valence-corrected chi connectivity index (χ0v) is 13.5. The zero-order chi connectivity index (χ0) is 13.9. The van der Waals surface area contributed by atoms with Crippen LogP contribution in [0.15, 0.2) is 16.7 Å². The maximum Gasteiger partial charge on any atom is 0.267 e. The van der Waals surface area contributed by atoms with Crippen LogP contribution in [0.25, 0.3) is 0 Å². The summed E-state index contributed by atoms with van der Waals surface area (Å²) in [5, 5.41) is 3.03. The Morgan fingerprint density at radius 3 is 2.61 bits per heavy atom. The second-order valence-electron chi connectivity index (χ2n) is 5.66. The van der Waals surface area contributed by atoms with Crippen molar-refractivity contribution in [1.82, 2.24) is 9.88 Å². The summed E-state index contributed by atoms with van der Waals surface area (Å²) in [6, 6.07) is 1.86. The molecular weight excluding hydrogens is 292 g/mol. The highest BCUT2D eigenvalue weighted by atomic mass is 79.9. The highest BCUT2D eigenvalue weighted by Crippen LogP contribution is 2.25. The van der Waals surface area contributed by atoms with Gasteiger partial charge in [0, 0.05) is 23.8 Å². The third kappa shape index (κ3) is 3.61. The van der Waals surface area contributed by atoms with Gasteiger partial charge in [-0.3, -0.25) is 4.79 Å². The van der Waals surface area contributed by atoms with Crippen molar-refractivity contribution in [3.8, 4) is 0 Å². The lowest BCUT2D eigenvalue weighted by Gasteiger charge is -2.29. The number of carbonyl (C=O) groups excluding carboxylic acids is 1. The van der Waals surface area contributed by atoms with E-state index in [1.807, 2.05) is 23.8 Å². The lowest BCUT2D eigenvalue weighted by atomic mass is 9.81. The molecule has 4 heteroatoms. The maximum atomic E-state index is 12.2. The topological polar surface area (TPSA) is 34.0 Å². The van der Waals surface area contributed by atoms with Gasteiger partial charge in [-0.15, -0.1) is 0 Å². The smallest absolute Gasteiger partial charge is 0.267 e. The molecule has 0 atom stereocenters. The largest absolute Gasteiger partial charge is 0.350 e. The molecule has 1 aromatic heterocycles. The number of amides is 1. The lowest BCUT2D eigenvalue weighted by Crippen LogP contribution is -2.37. The molecule has 0 saturated heterocycles. The minimum absolute atomic E-state index is 0.00345. The number of hydrogen-bond acceptors (Lipinski definition) is 1. The molecule has 0 aliphatic carbocycles. The van der Waals surface area contributed by atoms with Crippen LogP contribution in [0.3, 0.4) is 0 Å².